The minimum absolute atomic E-state index is 0.0765. The second-order valence-electron chi connectivity index (χ2n) is 13.2. The van der Waals surface area contributed by atoms with Gasteiger partial charge in [-0.15, -0.1) is 0 Å². The van der Waals surface area contributed by atoms with E-state index in [4.69, 9.17) is 42.6 Å². The minimum Gasteiger partial charge on any atom is -0.504 e. The van der Waals surface area contributed by atoms with Gasteiger partial charge in [0.2, 0.25) is 0 Å². The van der Waals surface area contributed by atoms with E-state index in [1.54, 1.807) is 12.1 Å². The lowest BCUT2D eigenvalue weighted by atomic mass is 9.96. The Bertz CT molecular complexity index is 1590. The van der Waals surface area contributed by atoms with Crippen molar-refractivity contribution in [2.24, 2.45) is 0 Å². The first-order valence-electron chi connectivity index (χ1n) is 17.4. The summed E-state index contributed by atoms with van der Waals surface area (Å²) in [5.41, 5.74) is 1.12. The average Bonchev–Trinajstić information content (AvgIpc) is 3.17. The van der Waals surface area contributed by atoms with Gasteiger partial charge in [-0.05, 0) is 54.8 Å². The molecule has 5 rings (SSSR count). The van der Waals surface area contributed by atoms with Crippen molar-refractivity contribution in [3.63, 3.8) is 0 Å². The van der Waals surface area contributed by atoms with E-state index in [1.165, 1.54) is 51.5 Å². The molecule has 14 atom stereocenters. The molecule has 0 spiro atoms. The topological polar surface area (TPSA) is 282 Å². The summed E-state index contributed by atoms with van der Waals surface area (Å²) in [4.78, 5) is 13.4. The van der Waals surface area contributed by atoms with Crippen LogP contribution in [0.5, 0.6) is 23.0 Å². The molecule has 55 heavy (non-hydrogen) atoms. The highest BCUT2D eigenvalue weighted by Crippen LogP contribution is 2.33. The highest BCUT2D eigenvalue weighted by molar-refractivity contribution is 5.87. The maximum absolute atomic E-state index is 13.4. The Morgan fingerprint density at radius 3 is 2.15 bits per heavy atom. The molecule has 9 N–H and O–H groups in total. The second kappa shape index (κ2) is 19.0. The standard InChI is InChI=1S/C36H48O19/c1-16-26(41)28(43)30(45)36(52-16)55-33-31(46)35(49-11-10-18-5-8-20(38)23(13-18)48-3)53-24(15-51-34-29(44)27(42)21(39)14-50-34)32(33)54-25(40)9-6-17-4-7-19(37)22(12-17)47-2/h4-9,12-13,16,21,24,26-39,41-46H,10-11,14-15H2,1-3H3/b9-6+/t16-,21?,24+,26-,27?,28+,29?,30+,31+,32+,33+,34?,35+,36-/m0/s1. The van der Waals surface area contributed by atoms with Crippen LogP contribution in [0.2, 0.25) is 0 Å². The largest absolute Gasteiger partial charge is 0.504 e. The molecule has 3 heterocycles. The molecule has 0 amide bonds. The van der Waals surface area contributed by atoms with Gasteiger partial charge in [-0.2, -0.15) is 0 Å². The number of phenols is 2. The molecular formula is C36H48O19. The Morgan fingerprint density at radius 2 is 1.44 bits per heavy atom. The monoisotopic (exact) mass is 784 g/mol. The van der Waals surface area contributed by atoms with Gasteiger partial charge in [0.15, 0.2) is 48.0 Å². The summed E-state index contributed by atoms with van der Waals surface area (Å²) in [5, 5.41) is 93.7. The molecule has 3 aliphatic rings. The van der Waals surface area contributed by atoms with Crippen molar-refractivity contribution in [1.29, 1.82) is 0 Å². The number of carbonyl (C=O) groups excluding carboxylic acids is 1. The van der Waals surface area contributed by atoms with Gasteiger partial charge >= 0.3 is 5.97 Å². The van der Waals surface area contributed by atoms with Crippen LogP contribution in [-0.4, -0.2) is 172 Å². The van der Waals surface area contributed by atoms with Crippen molar-refractivity contribution >= 4 is 12.0 Å². The number of benzene rings is 2. The number of phenolic OH excluding ortho intramolecular Hbond substituents is 2. The van der Waals surface area contributed by atoms with Crippen LogP contribution < -0.4 is 9.47 Å². The van der Waals surface area contributed by atoms with Crippen LogP contribution in [0.1, 0.15) is 18.1 Å². The highest BCUT2D eigenvalue weighted by Gasteiger charge is 2.53. The lowest BCUT2D eigenvalue weighted by molar-refractivity contribution is -0.362. The molecule has 0 bridgehead atoms. The molecule has 3 aliphatic heterocycles. The zero-order chi connectivity index (χ0) is 40.0. The third-order valence-electron chi connectivity index (χ3n) is 9.38. The summed E-state index contributed by atoms with van der Waals surface area (Å²) in [6, 6.07) is 8.95. The number of aliphatic hydroxyl groups is 7. The molecule has 0 saturated carbocycles. The summed E-state index contributed by atoms with van der Waals surface area (Å²) < 4.78 is 50.8. The molecule has 19 heteroatoms. The predicted octanol–water partition coefficient (Wildman–Crippen LogP) is -1.95. The number of carbonyl (C=O) groups is 1. The van der Waals surface area contributed by atoms with Gasteiger partial charge in [0.25, 0.3) is 0 Å². The highest BCUT2D eigenvalue weighted by atomic mass is 16.8. The number of aromatic hydroxyl groups is 2. The molecule has 19 nitrogen and oxygen atoms in total. The molecule has 0 aliphatic carbocycles. The van der Waals surface area contributed by atoms with E-state index in [2.05, 4.69) is 0 Å². The third-order valence-corrected chi connectivity index (χ3v) is 9.38. The van der Waals surface area contributed by atoms with Gasteiger partial charge in [0, 0.05) is 6.08 Å². The van der Waals surface area contributed by atoms with Gasteiger partial charge in [0.1, 0.15) is 54.9 Å². The number of aliphatic hydroxyl groups excluding tert-OH is 7. The van der Waals surface area contributed by atoms with Gasteiger partial charge in [0.05, 0.1) is 40.1 Å². The lowest BCUT2D eigenvalue weighted by Gasteiger charge is -2.47. The van der Waals surface area contributed by atoms with Crippen molar-refractivity contribution < 1.29 is 93.4 Å². The van der Waals surface area contributed by atoms with E-state index in [-0.39, 0.29) is 42.6 Å². The fourth-order valence-electron chi connectivity index (χ4n) is 6.17. The number of hydrogen-bond donors (Lipinski definition) is 9. The normalized spacial score (nSPS) is 35.4. The van der Waals surface area contributed by atoms with Crippen molar-refractivity contribution in [2.45, 2.75) is 99.4 Å². The van der Waals surface area contributed by atoms with Crippen LogP contribution in [0, 0.1) is 0 Å². The Morgan fingerprint density at radius 1 is 0.764 bits per heavy atom. The first kappa shape index (κ1) is 42.5. The van der Waals surface area contributed by atoms with E-state index >= 15 is 0 Å². The van der Waals surface area contributed by atoms with Crippen LogP contribution >= 0.6 is 0 Å². The summed E-state index contributed by atoms with van der Waals surface area (Å²) in [6.45, 7) is 0.382. The Labute approximate surface area is 315 Å². The van der Waals surface area contributed by atoms with Crippen LogP contribution in [-0.2, 0) is 44.4 Å². The third kappa shape index (κ3) is 10.2. The van der Waals surface area contributed by atoms with E-state index in [9.17, 15) is 50.8 Å². The van der Waals surface area contributed by atoms with Crippen molar-refractivity contribution in [3.8, 4) is 23.0 Å². The van der Waals surface area contributed by atoms with Crippen LogP contribution in [0.25, 0.3) is 6.08 Å². The fourth-order valence-corrected chi connectivity index (χ4v) is 6.17. The van der Waals surface area contributed by atoms with Gasteiger partial charge in [-0.3, -0.25) is 0 Å². The maximum atomic E-state index is 13.4. The van der Waals surface area contributed by atoms with Gasteiger partial charge in [-0.25, -0.2) is 4.79 Å². The van der Waals surface area contributed by atoms with E-state index in [1.807, 2.05) is 0 Å². The minimum atomic E-state index is -1.83. The smallest absolute Gasteiger partial charge is 0.331 e. The fraction of sp³-hybridized carbons (Fsp3) is 0.583. The van der Waals surface area contributed by atoms with Gasteiger partial charge in [-0.1, -0.05) is 12.1 Å². The quantitative estimate of drug-likeness (QED) is 0.0744. The molecule has 3 saturated heterocycles. The Kier molecular flexibility index (Phi) is 14.7. The number of hydrogen-bond acceptors (Lipinski definition) is 19. The van der Waals surface area contributed by atoms with Crippen LogP contribution in [0.3, 0.4) is 0 Å². The number of ether oxygens (including phenoxy) is 9. The number of methoxy groups -OCH3 is 2. The van der Waals surface area contributed by atoms with E-state index in [0.29, 0.717) is 11.1 Å². The van der Waals surface area contributed by atoms with Crippen molar-refractivity contribution in [2.75, 3.05) is 34.0 Å². The molecule has 4 unspecified atom stereocenters. The van der Waals surface area contributed by atoms with E-state index < -0.39 is 98.6 Å². The maximum Gasteiger partial charge on any atom is 0.331 e. The molecule has 2 aromatic rings. The van der Waals surface area contributed by atoms with Crippen molar-refractivity contribution in [3.05, 3.63) is 53.6 Å². The zero-order valence-corrected chi connectivity index (χ0v) is 30.1. The molecule has 3 fully saturated rings. The van der Waals surface area contributed by atoms with Crippen molar-refractivity contribution in [1.82, 2.24) is 0 Å². The SMILES string of the molecule is COc1cc(/C=C/C(=O)O[C@H]2[C@H](O[C@@H]3O[C@@H](C)[C@H](O)[C@@H](O)[C@H]3O)[C@@H](O)[C@H](OCCc3ccc(O)c(OC)c3)O[C@@H]2COC2OCC(O)C(O)C2O)ccc1O. The first-order chi connectivity index (χ1) is 26.2. The first-order valence-corrected chi connectivity index (χ1v) is 17.4. The van der Waals surface area contributed by atoms with Crippen LogP contribution in [0.4, 0.5) is 0 Å². The van der Waals surface area contributed by atoms with Gasteiger partial charge < -0.3 is 88.6 Å². The molecule has 2 aromatic carbocycles. The predicted molar refractivity (Wildman–Crippen MR) is 183 cm³/mol. The second-order valence-corrected chi connectivity index (χ2v) is 13.2. The Hall–Kier alpha value is -3.67. The summed E-state index contributed by atoms with van der Waals surface area (Å²) in [6.07, 6.45) is -19.3. The summed E-state index contributed by atoms with van der Waals surface area (Å²) in [7, 11) is 2.74. The summed E-state index contributed by atoms with van der Waals surface area (Å²) in [5.74, 6) is -0.845. The summed E-state index contributed by atoms with van der Waals surface area (Å²) >= 11 is 0. The number of rotatable bonds is 14. The average molecular weight is 785 g/mol. The van der Waals surface area contributed by atoms with Crippen LogP contribution in [0.15, 0.2) is 42.5 Å². The molecule has 0 radical (unpaired) electrons. The molecule has 306 valence electrons. The molecule has 0 aromatic heterocycles. The molecular weight excluding hydrogens is 736 g/mol. The Balaban J connectivity index is 1.42. The zero-order valence-electron chi connectivity index (χ0n) is 30.1. The van der Waals surface area contributed by atoms with E-state index in [0.717, 1.165) is 6.08 Å². The lowest BCUT2D eigenvalue weighted by Crippen LogP contribution is -2.65. The number of esters is 1.